The lowest BCUT2D eigenvalue weighted by molar-refractivity contribution is -0.143. The molecule has 8 nitrogen and oxygen atoms in total. The number of unbranched alkanes of at least 4 members (excludes halogenated alkanes) is 1. The highest BCUT2D eigenvalue weighted by molar-refractivity contribution is 14.2. The summed E-state index contributed by atoms with van der Waals surface area (Å²) in [6.45, 7) is 4.30. The van der Waals surface area contributed by atoms with Crippen molar-refractivity contribution in [3.63, 3.8) is 0 Å². The zero-order chi connectivity index (χ0) is 30.6. The molecule has 2 saturated heterocycles. The van der Waals surface area contributed by atoms with Crippen LogP contribution in [0, 0.1) is 5.92 Å². The lowest BCUT2D eigenvalue weighted by atomic mass is 9.98. The quantitative estimate of drug-likeness (QED) is 0.0811. The first-order valence-electron chi connectivity index (χ1n) is 15.1. The maximum Gasteiger partial charge on any atom is 0.325 e. The molecule has 5 rings (SSSR count). The molecule has 0 radical (unpaired) electrons. The van der Waals surface area contributed by atoms with Crippen LogP contribution in [0.4, 0.5) is 5.82 Å². The van der Waals surface area contributed by atoms with Crippen molar-refractivity contribution >= 4 is 94.4 Å². The second kappa shape index (κ2) is 15.7. The molecular weight excluding hydrogens is 906 g/mol. The van der Waals surface area contributed by atoms with Crippen LogP contribution < -0.4 is 13.2 Å². The minimum Gasteiger partial charge on any atom is -0.496 e. The number of carboxylic acids is 1. The monoisotopic (exact) mass is 947 g/mol. The van der Waals surface area contributed by atoms with Crippen molar-refractivity contribution in [3.05, 3.63) is 46.6 Å². The Hall–Kier alpha value is -0.0600. The zero-order valence-electron chi connectivity index (χ0n) is 24.6. The number of rotatable bonds is 13. The van der Waals surface area contributed by atoms with Crippen molar-refractivity contribution in [2.75, 3.05) is 43.1 Å². The second-order valence-electron chi connectivity index (χ2n) is 11.8. The number of aromatic nitrogens is 1. The highest BCUT2D eigenvalue weighted by Crippen LogP contribution is 2.46. The summed E-state index contributed by atoms with van der Waals surface area (Å²) in [5.41, 5.74) is 4.11. The van der Waals surface area contributed by atoms with Crippen LogP contribution in [-0.4, -0.2) is 68.4 Å². The van der Waals surface area contributed by atoms with Gasteiger partial charge in [-0.05, 0) is 79.9 Å². The number of likely N-dealkylation sites (tertiary alicyclic amines) is 1. The third kappa shape index (κ3) is 8.65. The van der Waals surface area contributed by atoms with Gasteiger partial charge >= 0.3 is 5.97 Å². The Bertz CT molecular complexity index is 1280. The lowest BCUT2D eigenvalue weighted by Crippen LogP contribution is -2.35. The molecule has 1 aromatic heterocycles. The number of carboxylic acid groups (broad SMARTS) is 1. The summed E-state index contributed by atoms with van der Waals surface area (Å²) in [7, 11) is 4.47. The molecule has 12 heteroatoms. The molecule has 4 heterocycles. The number of hydrogen-bond acceptors (Lipinski definition) is 7. The normalized spacial score (nSPS) is 21.7. The second-order valence-corrected chi connectivity index (χ2v) is 19.5. The number of benzene rings is 1. The number of pyridine rings is 1. The Morgan fingerprint density at radius 2 is 2.09 bits per heavy atom. The molecular formula is C31H41I3N3O5P. The Labute approximate surface area is 298 Å². The summed E-state index contributed by atoms with van der Waals surface area (Å²) in [6, 6.07) is 7.47. The number of anilines is 1. The molecule has 4 atom stereocenters. The van der Waals surface area contributed by atoms with Crippen molar-refractivity contribution in [1.82, 2.24) is 9.88 Å². The topological polar surface area (TPSA) is 84.4 Å². The third-order valence-electron chi connectivity index (χ3n) is 8.78. The number of halogens is 3. The van der Waals surface area contributed by atoms with E-state index in [0.717, 1.165) is 111 Å². The number of aryl methyl sites for hydroxylation is 1. The molecule has 1 N–H and O–H groups in total. The molecule has 2 aromatic rings. The molecule has 0 amide bonds. The Kier molecular flexibility index (Phi) is 12.5. The largest absolute Gasteiger partial charge is 0.496 e. The first-order chi connectivity index (χ1) is 20.7. The molecule has 43 heavy (non-hydrogen) atoms. The van der Waals surface area contributed by atoms with Gasteiger partial charge in [0.05, 0.1) is 50.7 Å². The van der Waals surface area contributed by atoms with Crippen LogP contribution in [-0.2, 0) is 33.7 Å². The van der Waals surface area contributed by atoms with Gasteiger partial charge < -0.3 is 19.3 Å². The zero-order valence-corrected chi connectivity index (χ0v) is 32.2. The Morgan fingerprint density at radius 3 is 2.84 bits per heavy atom. The van der Waals surface area contributed by atoms with Crippen LogP contribution in [0.3, 0.4) is 0 Å². The summed E-state index contributed by atoms with van der Waals surface area (Å²) < 4.78 is 19.6. The maximum absolute atomic E-state index is 12.7. The fourth-order valence-electron chi connectivity index (χ4n) is 6.41. The maximum atomic E-state index is 12.7. The van der Waals surface area contributed by atoms with E-state index in [4.69, 9.17) is 19.2 Å². The van der Waals surface area contributed by atoms with Gasteiger partial charge in [0.25, 0.3) is 0 Å². The number of carbonyl (C=O) groups is 1. The highest BCUT2D eigenvalue weighted by atomic mass is 127. The van der Waals surface area contributed by atoms with Crippen LogP contribution in [0.15, 0.2) is 24.3 Å². The van der Waals surface area contributed by atoms with E-state index in [-0.39, 0.29) is 7.53 Å². The van der Waals surface area contributed by atoms with E-state index in [2.05, 4.69) is 91.4 Å². The van der Waals surface area contributed by atoms with Gasteiger partial charge in [-0.25, -0.2) is 4.98 Å². The van der Waals surface area contributed by atoms with Gasteiger partial charge in [0.15, 0.2) is 0 Å². The summed E-state index contributed by atoms with van der Waals surface area (Å²) in [6.07, 6.45) is 8.27. The molecule has 3 aliphatic heterocycles. The van der Waals surface area contributed by atoms with Crippen LogP contribution in [0.5, 0.6) is 5.75 Å². The predicted molar refractivity (Wildman–Crippen MR) is 199 cm³/mol. The standard InChI is InChI=1S/C31H41I3N3O5P/c1-40-27-15-22(35-29-25(27)6-4-12-37(29)34)5-2-3-11-31(32,33)21-9-13-36(17-21)28(30(38)39)26-16-24(43)8-7-20(26)18-42-23-10-14-41-19-23/h7-8,15-16,21,23,28H,2-6,9-14,17-19,43H2,1H3,(H,38,39)/t21-,23+,28?/m1/s1. The van der Waals surface area contributed by atoms with E-state index in [1.165, 1.54) is 5.56 Å². The number of nitrogens with zero attached hydrogens (tertiary/aromatic N) is 3. The first kappa shape index (κ1) is 34.3. The minimum absolute atomic E-state index is 0.0597. The molecule has 2 fully saturated rings. The first-order valence-corrected chi connectivity index (χ1v) is 18.8. The van der Waals surface area contributed by atoms with Gasteiger partial charge in [0, 0.05) is 37.0 Å². The van der Waals surface area contributed by atoms with Crippen LogP contribution >= 0.6 is 77.3 Å². The van der Waals surface area contributed by atoms with Gasteiger partial charge in [-0.1, -0.05) is 63.7 Å². The molecule has 2 unspecified atom stereocenters. The van der Waals surface area contributed by atoms with Gasteiger partial charge in [0.2, 0.25) is 0 Å². The average molecular weight is 947 g/mol. The smallest absolute Gasteiger partial charge is 0.325 e. The molecule has 0 spiro atoms. The number of aliphatic carboxylic acids is 1. The van der Waals surface area contributed by atoms with E-state index in [0.29, 0.717) is 19.1 Å². The van der Waals surface area contributed by atoms with E-state index < -0.39 is 12.0 Å². The molecule has 236 valence electrons. The van der Waals surface area contributed by atoms with Gasteiger partial charge in [-0.2, -0.15) is 0 Å². The van der Waals surface area contributed by atoms with Crippen LogP contribution in [0.1, 0.15) is 67.0 Å². The number of hydrogen-bond donors (Lipinski definition) is 1. The van der Waals surface area contributed by atoms with Gasteiger partial charge in [0.1, 0.15) is 17.6 Å². The van der Waals surface area contributed by atoms with Gasteiger partial charge in [-0.15, -0.1) is 9.24 Å². The van der Waals surface area contributed by atoms with E-state index in [1.54, 1.807) is 7.11 Å². The number of fused-ring (bicyclic) bond motifs is 1. The lowest BCUT2D eigenvalue weighted by Gasteiger charge is -2.30. The van der Waals surface area contributed by atoms with Crippen molar-refractivity contribution in [2.45, 2.75) is 71.5 Å². The van der Waals surface area contributed by atoms with Crippen molar-refractivity contribution in [1.29, 1.82) is 0 Å². The number of methoxy groups -OCH3 is 1. The van der Waals surface area contributed by atoms with E-state index in [1.807, 2.05) is 18.2 Å². The Morgan fingerprint density at radius 1 is 1.26 bits per heavy atom. The fraction of sp³-hybridized carbons (Fsp3) is 0.613. The predicted octanol–water partition coefficient (Wildman–Crippen LogP) is 6.43. The minimum atomic E-state index is -0.799. The highest BCUT2D eigenvalue weighted by Gasteiger charge is 2.42. The van der Waals surface area contributed by atoms with Crippen molar-refractivity contribution in [3.8, 4) is 5.75 Å². The SMILES string of the molecule is COc1cc(CCCCC(I)(I)[C@@H]2CCN(C(C(=O)O)c3cc(P)ccc3CO[C@H]3CCOC3)C2)nc2c1CCCN2I. The molecule has 0 aliphatic carbocycles. The van der Waals surface area contributed by atoms with E-state index in [9.17, 15) is 9.90 Å². The number of alkyl halides is 2. The summed E-state index contributed by atoms with van der Waals surface area (Å²) in [5.74, 6) is 1.64. The fourth-order valence-corrected chi connectivity index (χ4v) is 9.20. The van der Waals surface area contributed by atoms with E-state index >= 15 is 0 Å². The summed E-state index contributed by atoms with van der Waals surface area (Å²) in [4.78, 5) is 19.9. The molecule has 3 aliphatic rings. The molecule has 1 aromatic carbocycles. The molecule has 0 saturated carbocycles. The average Bonchev–Trinajstić information content (AvgIpc) is 3.68. The van der Waals surface area contributed by atoms with Crippen LogP contribution in [0.25, 0.3) is 0 Å². The molecule has 0 bridgehead atoms. The summed E-state index contributed by atoms with van der Waals surface area (Å²) >= 11 is 7.61. The Balaban J connectivity index is 1.19. The van der Waals surface area contributed by atoms with Crippen molar-refractivity contribution in [2.24, 2.45) is 5.92 Å². The number of ether oxygens (including phenoxy) is 3. The van der Waals surface area contributed by atoms with Crippen molar-refractivity contribution < 1.29 is 24.1 Å². The van der Waals surface area contributed by atoms with Crippen LogP contribution in [0.2, 0.25) is 0 Å². The summed E-state index contributed by atoms with van der Waals surface area (Å²) in [5, 5.41) is 11.4. The third-order valence-corrected chi connectivity index (χ3v) is 12.9. The van der Waals surface area contributed by atoms with Gasteiger partial charge in [-0.3, -0.25) is 12.8 Å².